The predicted molar refractivity (Wildman–Crippen MR) is 146 cm³/mol. The van der Waals surface area contributed by atoms with E-state index < -0.39 is 28.8 Å². The maximum atomic E-state index is 14.7. The third-order valence-corrected chi connectivity index (χ3v) is 8.21. The lowest BCUT2D eigenvalue weighted by molar-refractivity contribution is -0.131. The van der Waals surface area contributed by atoms with E-state index in [1.807, 2.05) is 86.5 Å². The van der Waals surface area contributed by atoms with Crippen molar-refractivity contribution in [2.45, 2.75) is 38.3 Å². The predicted octanol–water partition coefficient (Wildman–Crippen LogP) is 5.41. The van der Waals surface area contributed by atoms with E-state index in [0.29, 0.717) is 17.0 Å². The van der Waals surface area contributed by atoms with Crippen LogP contribution in [0.2, 0.25) is 0 Å². The van der Waals surface area contributed by atoms with Gasteiger partial charge < -0.3 is 15.0 Å². The lowest BCUT2D eigenvalue weighted by atomic mass is 9.62. The maximum Gasteiger partial charge on any atom is 0.238 e. The van der Waals surface area contributed by atoms with Crippen molar-refractivity contribution in [3.63, 3.8) is 0 Å². The molecule has 0 aromatic heterocycles. The molecule has 1 fully saturated rings. The summed E-state index contributed by atoms with van der Waals surface area (Å²) in [4.78, 5) is 45.3. The normalized spacial score (nSPS) is 25.0. The van der Waals surface area contributed by atoms with Gasteiger partial charge in [-0.3, -0.25) is 14.4 Å². The fourth-order valence-electron chi connectivity index (χ4n) is 6.57. The van der Waals surface area contributed by atoms with Gasteiger partial charge in [-0.2, -0.15) is 0 Å². The number of amides is 1. The summed E-state index contributed by atoms with van der Waals surface area (Å²) in [6.07, 6.45) is 3.87. The highest BCUT2D eigenvalue weighted by Gasteiger charge is 2.71. The van der Waals surface area contributed by atoms with Gasteiger partial charge in [0.1, 0.15) is 11.2 Å². The van der Waals surface area contributed by atoms with Crippen molar-refractivity contribution in [2.24, 2.45) is 11.3 Å². The van der Waals surface area contributed by atoms with Crippen molar-refractivity contribution in [1.29, 1.82) is 0 Å². The molecule has 6 nitrogen and oxygen atoms in total. The third-order valence-electron chi connectivity index (χ3n) is 8.21. The number of benzene rings is 3. The number of fused-ring (bicyclic) bond motifs is 6. The Hall–Kier alpha value is -4.19. The minimum absolute atomic E-state index is 0.0816. The Morgan fingerprint density at radius 3 is 2.47 bits per heavy atom. The second kappa shape index (κ2) is 8.42. The molecule has 192 valence electrons. The van der Waals surface area contributed by atoms with Crippen LogP contribution >= 0.6 is 0 Å². The van der Waals surface area contributed by atoms with E-state index in [4.69, 9.17) is 4.74 Å². The van der Waals surface area contributed by atoms with E-state index in [2.05, 4.69) is 5.32 Å². The fourth-order valence-corrected chi connectivity index (χ4v) is 6.57. The molecule has 4 atom stereocenters. The summed E-state index contributed by atoms with van der Waals surface area (Å²) < 4.78 is 5.41. The zero-order chi connectivity index (χ0) is 26.8. The molecule has 0 saturated carbocycles. The fraction of sp³-hybridized carbons (Fsp3) is 0.281. The van der Waals surface area contributed by atoms with Gasteiger partial charge in [-0.05, 0) is 41.0 Å². The van der Waals surface area contributed by atoms with E-state index in [1.165, 1.54) is 0 Å². The monoisotopic (exact) mass is 506 g/mol. The van der Waals surface area contributed by atoms with Crippen LogP contribution in [0.25, 0.3) is 6.08 Å². The SMILES string of the molecule is COc1cccc(C(=O)[C@@H]2[C@@H](C(=O)C(C)(C)C)N3C=Cc4ccccc4[C@@H]3[C@]23C(=O)Nc2ccccc23)c1. The highest BCUT2D eigenvalue weighted by Crippen LogP contribution is 2.62. The van der Waals surface area contributed by atoms with Gasteiger partial charge in [0, 0.05) is 22.9 Å². The van der Waals surface area contributed by atoms with Crippen molar-refractivity contribution in [3.8, 4) is 5.75 Å². The molecule has 0 aliphatic carbocycles. The van der Waals surface area contributed by atoms with Crippen LogP contribution in [-0.2, 0) is 15.0 Å². The van der Waals surface area contributed by atoms with Gasteiger partial charge >= 0.3 is 0 Å². The first-order valence-electron chi connectivity index (χ1n) is 12.9. The van der Waals surface area contributed by atoms with Crippen LogP contribution in [0.5, 0.6) is 5.75 Å². The first kappa shape index (κ1) is 24.2. The second-order valence-electron chi connectivity index (χ2n) is 11.3. The van der Waals surface area contributed by atoms with Gasteiger partial charge in [0.2, 0.25) is 5.91 Å². The van der Waals surface area contributed by atoms with Gasteiger partial charge in [0.15, 0.2) is 11.6 Å². The molecule has 1 amide bonds. The van der Waals surface area contributed by atoms with Gasteiger partial charge in [-0.25, -0.2) is 0 Å². The summed E-state index contributed by atoms with van der Waals surface area (Å²) in [7, 11) is 1.55. The number of ether oxygens (including phenoxy) is 1. The Morgan fingerprint density at radius 1 is 0.974 bits per heavy atom. The summed E-state index contributed by atoms with van der Waals surface area (Å²) in [6, 6.07) is 21.0. The van der Waals surface area contributed by atoms with Crippen LogP contribution in [0.15, 0.2) is 79.0 Å². The summed E-state index contributed by atoms with van der Waals surface area (Å²) in [5.41, 5.74) is 1.68. The molecule has 38 heavy (non-hydrogen) atoms. The van der Waals surface area contributed by atoms with Crippen molar-refractivity contribution >= 4 is 29.2 Å². The molecule has 3 aromatic rings. The zero-order valence-electron chi connectivity index (χ0n) is 21.9. The summed E-state index contributed by atoms with van der Waals surface area (Å²) in [6.45, 7) is 5.60. The van der Waals surface area contributed by atoms with Crippen LogP contribution in [-0.4, -0.2) is 35.5 Å². The van der Waals surface area contributed by atoms with Crippen molar-refractivity contribution in [1.82, 2.24) is 4.90 Å². The number of carbonyl (C=O) groups excluding carboxylic acids is 3. The van der Waals surface area contributed by atoms with Gasteiger partial charge in [-0.15, -0.1) is 0 Å². The molecule has 3 aromatic carbocycles. The number of para-hydroxylation sites is 1. The number of rotatable bonds is 4. The van der Waals surface area contributed by atoms with Crippen molar-refractivity contribution < 1.29 is 19.1 Å². The van der Waals surface area contributed by atoms with Gasteiger partial charge in [-0.1, -0.05) is 75.4 Å². The van der Waals surface area contributed by atoms with Crippen LogP contribution in [0.1, 0.15) is 53.9 Å². The number of nitrogens with zero attached hydrogens (tertiary/aromatic N) is 1. The lowest BCUT2D eigenvalue weighted by Crippen LogP contribution is -2.50. The summed E-state index contributed by atoms with van der Waals surface area (Å²) >= 11 is 0. The standard InChI is InChI=1S/C32H30N2O4/c1-31(2,3)29(36)26-25(27(35)20-11-9-12-21(18-20)38-4)32(23-14-7-8-15-24(23)33-30(32)37)28-22-13-6-5-10-19(22)16-17-34(26)28/h5-18,25-26,28H,1-4H3,(H,33,37)/t25-,26-,28+,32+/m0/s1. The quantitative estimate of drug-likeness (QED) is 0.479. The first-order chi connectivity index (χ1) is 18.2. The van der Waals surface area contributed by atoms with Crippen LogP contribution in [0, 0.1) is 11.3 Å². The molecule has 3 heterocycles. The Bertz CT molecular complexity index is 1520. The Morgan fingerprint density at radius 2 is 1.71 bits per heavy atom. The number of Topliss-reactive ketones (excluding diaryl/α,β-unsaturated/α-hetero) is 2. The lowest BCUT2D eigenvalue weighted by Gasteiger charge is -2.38. The number of carbonyl (C=O) groups is 3. The molecule has 3 aliphatic heterocycles. The molecule has 1 N–H and O–H groups in total. The number of methoxy groups -OCH3 is 1. The minimum Gasteiger partial charge on any atom is -0.497 e. The molecule has 1 saturated heterocycles. The second-order valence-corrected chi connectivity index (χ2v) is 11.3. The van der Waals surface area contributed by atoms with Crippen LogP contribution in [0.3, 0.4) is 0 Å². The molecule has 1 spiro atoms. The largest absolute Gasteiger partial charge is 0.497 e. The van der Waals surface area contributed by atoms with Gasteiger partial charge in [0.25, 0.3) is 0 Å². The smallest absolute Gasteiger partial charge is 0.238 e. The summed E-state index contributed by atoms with van der Waals surface area (Å²) in [5.74, 6) is -1.02. The molecule has 6 heteroatoms. The molecule has 0 radical (unpaired) electrons. The Balaban J connectivity index is 1.69. The molecule has 6 rings (SSSR count). The van der Waals surface area contributed by atoms with E-state index in [-0.39, 0.29) is 17.5 Å². The number of nitrogens with one attached hydrogen (secondary N) is 1. The third kappa shape index (κ3) is 3.22. The zero-order valence-corrected chi connectivity index (χ0v) is 21.9. The highest BCUT2D eigenvalue weighted by molar-refractivity contribution is 6.15. The van der Waals surface area contributed by atoms with E-state index in [1.54, 1.807) is 31.4 Å². The molecule has 0 bridgehead atoms. The van der Waals surface area contributed by atoms with Crippen LogP contribution in [0.4, 0.5) is 5.69 Å². The van der Waals surface area contributed by atoms with Crippen molar-refractivity contribution in [3.05, 3.63) is 101 Å². The topological polar surface area (TPSA) is 75.7 Å². The molecular formula is C32H30N2O4. The molecular weight excluding hydrogens is 476 g/mol. The van der Waals surface area contributed by atoms with E-state index in [9.17, 15) is 14.4 Å². The first-order valence-corrected chi connectivity index (χ1v) is 12.9. The van der Waals surface area contributed by atoms with Gasteiger partial charge in [0.05, 0.1) is 25.1 Å². The van der Waals surface area contributed by atoms with E-state index >= 15 is 0 Å². The number of hydrogen-bond donors (Lipinski definition) is 1. The number of hydrogen-bond acceptors (Lipinski definition) is 5. The summed E-state index contributed by atoms with van der Waals surface area (Å²) in [5, 5.41) is 3.07. The average molecular weight is 507 g/mol. The maximum absolute atomic E-state index is 14.7. The minimum atomic E-state index is -1.32. The van der Waals surface area contributed by atoms with E-state index in [0.717, 1.165) is 16.7 Å². The van der Waals surface area contributed by atoms with Crippen LogP contribution < -0.4 is 10.1 Å². The average Bonchev–Trinajstić information content (AvgIpc) is 3.39. The Labute approximate surface area is 222 Å². The number of ketones is 2. The highest BCUT2D eigenvalue weighted by atomic mass is 16.5. The number of anilines is 1. The van der Waals surface area contributed by atoms with Crippen molar-refractivity contribution in [2.75, 3.05) is 12.4 Å². The molecule has 3 aliphatic rings. The Kier molecular flexibility index (Phi) is 5.35. The molecule has 0 unspecified atom stereocenters.